The van der Waals surface area contributed by atoms with Crippen LogP contribution in [0.4, 0.5) is 0 Å². The molecule has 0 aromatic heterocycles. The monoisotopic (exact) mass is 219 g/mol. The maximum atomic E-state index is 9.89. The molecule has 0 aliphatic rings. The Kier molecular flexibility index (Phi) is 5.91. The van der Waals surface area contributed by atoms with Gasteiger partial charge < -0.3 is 14.4 Å². The van der Waals surface area contributed by atoms with Crippen LogP contribution in [0.5, 0.6) is 0 Å². The van der Waals surface area contributed by atoms with E-state index in [-0.39, 0.29) is 0 Å². The van der Waals surface area contributed by atoms with Crippen molar-refractivity contribution in [2.45, 2.75) is 0 Å². The molecule has 3 nitrogen and oxygen atoms in total. The highest BCUT2D eigenvalue weighted by Crippen LogP contribution is 1.93. The highest BCUT2D eigenvalue weighted by molar-refractivity contribution is 5.85. The lowest BCUT2D eigenvalue weighted by Crippen LogP contribution is -2.27. The second kappa shape index (κ2) is 6.65. The van der Waals surface area contributed by atoms with Gasteiger partial charge in [-0.1, -0.05) is 24.1 Å². The number of aliphatic carboxylic acids is 1. The number of carboxylic acids is 1. The molecular formula is C13H17NO2. The van der Waals surface area contributed by atoms with E-state index >= 15 is 0 Å². The van der Waals surface area contributed by atoms with Crippen molar-refractivity contribution in [1.82, 2.24) is 0 Å². The van der Waals surface area contributed by atoms with Gasteiger partial charge in [-0.3, -0.25) is 0 Å². The summed E-state index contributed by atoms with van der Waals surface area (Å²) < 4.78 is 1.00. The summed E-state index contributed by atoms with van der Waals surface area (Å²) in [6.07, 6.45) is 0. The minimum atomic E-state index is -1.35. The number of hydrogen-bond donors (Lipinski definition) is 0. The van der Waals surface area contributed by atoms with Gasteiger partial charge in [-0.2, -0.15) is 0 Å². The Hall–Kier alpha value is -1.79. The zero-order chi connectivity index (χ0) is 12.6. The van der Waals surface area contributed by atoms with E-state index in [0.29, 0.717) is 5.56 Å². The van der Waals surface area contributed by atoms with E-state index in [9.17, 15) is 9.90 Å². The Balaban J connectivity index is 0.000000385. The molecule has 0 unspecified atom stereocenters. The zero-order valence-electron chi connectivity index (χ0n) is 10.2. The number of quaternary nitrogens is 1. The first-order valence-electron chi connectivity index (χ1n) is 4.86. The molecule has 0 aliphatic carbocycles. The normalized spacial score (nSPS) is 9.25. The second-order valence-corrected chi connectivity index (χ2v) is 4.59. The molecule has 3 heteroatoms. The summed E-state index contributed by atoms with van der Waals surface area (Å²) in [6.45, 7) is 0. The van der Waals surface area contributed by atoms with E-state index in [0.717, 1.165) is 4.48 Å². The van der Waals surface area contributed by atoms with Crippen molar-refractivity contribution in [1.29, 1.82) is 0 Å². The predicted molar refractivity (Wildman–Crippen MR) is 62.3 cm³/mol. The van der Waals surface area contributed by atoms with Crippen LogP contribution in [-0.2, 0) is 4.79 Å². The van der Waals surface area contributed by atoms with Crippen molar-refractivity contribution in [2.75, 3.05) is 28.2 Å². The molecule has 0 saturated heterocycles. The molecule has 0 bridgehead atoms. The number of rotatable bonds is 0. The number of carbonyl (C=O) groups excluding carboxylic acids is 1. The molecule has 0 saturated carbocycles. The average molecular weight is 219 g/mol. The van der Waals surface area contributed by atoms with Gasteiger partial charge in [-0.05, 0) is 18.1 Å². The van der Waals surface area contributed by atoms with E-state index in [1.165, 1.54) is 0 Å². The Bertz CT molecular complexity index is 374. The van der Waals surface area contributed by atoms with Crippen LogP contribution in [0.1, 0.15) is 5.56 Å². The zero-order valence-corrected chi connectivity index (χ0v) is 10.2. The summed E-state index contributed by atoms with van der Waals surface area (Å²) in [4.78, 5) is 9.89. The van der Waals surface area contributed by atoms with Crippen LogP contribution in [0, 0.1) is 11.8 Å². The average Bonchev–Trinajstić information content (AvgIpc) is 2.14. The lowest BCUT2D eigenvalue weighted by atomic mass is 10.2. The molecule has 0 N–H and O–H groups in total. The minimum absolute atomic E-state index is 0.678. The van der Waals surface area contributed by atoms with E-state index < -0.39 is 5.97 Å². The molecule has 0 atom stereocenters. The molecule has 0 radical (unpaired) electrons. The highest BCUT2D eigenvalue weighted by Gasteiger charge is 1.88. The standard InChI is InChI=1S/C9H6O2.C4H12N/c10-9(11)7-6-8-4-2-1-3-5-8;1-5(2,3)4/h1-5H,(H,10,11);1-4H3/q;+1/p-1. The molecule has 0 amide bonds. The van der Waals surface area contributed by atoms with Crippen LogP contribution < -0.4 is 5.11 Å². The quantitative estimate of drug-likeness (QED) is 0.459. The van der Waals surface area contributed by atoms with Crippen molar-refractivity contribution in [3.8, 4) is 11.8 Å². The largest absolute Gasteiger partial charge is 0.537 e. The van der Waals surface area contributed by atoms with Crippen LogP contribution >= 0.6 is 0 Å². The molecule has 1 aromatic carbocycles. The molecule has 16 heavy (non-hydrogen) atoms. The smallest absolute Gasteiger partial charge is 0.116 e. The third-order valence-corrected chi connectivity index (χ3v) is 1.08. The number of hydrogen-bond acceptors (Lipinski definition) is 2. The highest BCUT2D eigenvalue weighted by atomic mass is 16.4. The SMILES string of the molecule is C[N+](C)(C)C.O=C([O-])C#Cc1ccccc1. The summed E-state index contributed by atoms with van der Waals surface area (Å²) in [5.41, 5.74) is 0.678. The summed E-state index contributed by atoms with van der Waals surface area (Å²) in [5, 5.41) is 9.89. The molecular weight excluding hydrogens is 202 g/mol. The summed E-state index contributed by atoms with van der Waals surface area (Å²) in [6, 6.07) is 8.88. The molecule has 0 fully saturated rings. The van der Waals surface area contributed by atoms with Crippen molar-refractivity contribution in [3.05, 3.63) is 35.9 Å². The predicted octanol–water partition coefficient (Wildman–Crippen LogP) is 0.110. The van der Waals surface area contributed by atoms with Crippen molar-refractivity contribution in [3.63, 3.8) is 0 Å². The summed E-state index contributed by atoms with van der Waals surface area (Å²) in [7, 11) is 8.50. The van der Waals surface area contributed by atoms with E-state index in [1.54, 1.807) is 24.3 Å². The molecule has 86 valence electrons. The van der Waals surface area contributed by atoms with Gasteiger partial charge in [-0.15, -0.1) is 0 Å². The van der Waals surface area contributed by atoms with Gasteiger partial charge in [0.2, 0.25) is 0 Å². The van der Waals surface area contributed by atoms with E-state index in [2.05, 4.69) is 34.1 Å². The molecule has 0 aliphatic heterocycles. The van der Waals surface area contributed by atoms with Gasteiger partial charge in [-0.25, -0.2) is 0 Å². The van der Waals surface area contributed by atoms with Gasteiger partial charge >= 0.3 is 0 Å². The maximum absolute atomic E-state index is 9.89. The third kappa shape index (κ3) is 12.2. The fourth-order valence-corrected chi connectivity index (χ4v) is 0.645. The Morgan fingerprint density at radius 1 is 1.12 bits per heavy atom. The van der Waals surface area contributed by atoms with Crippen LogP contribution in [0.2, 0.25) is 0 Å². The lowest BCUT2D eigenvalue weighted by molar-refractivity contribution is -0.849. The fraction of sp³-hybridized carbons (Fsp3) is 0.308. The summed E-state index contributed by atoms with van der Waals surface area (Å²) in [5.74, 6) is 3.00. The van der Waals surface area contributed by atoms with Crippen molar-refractivity contribution in [2.24, 2.45) is 0 Å². The first kappa shape index (κ1) is 14.2. The second-order valence-electron chi connectivity index (χ2n) is 4.59. The van der Waals surface area contributed by atoms with Crippen molar-refractivity contribution < 1.29 is 14.4 Å². The van der Waals surface area contributed by atoms with Gasteiger partial charge in [0.05, 0.1) is 28.2 Å². The first-order chi connectivity index (χ1) is 7.29. The van der Waals surface area contributed by atoms with Gasteiger partial charge in [0.1, 0.15) is 5.97 Å². The van der Waals surface area contributed by atoms with Crippen molar-refractivity contribution >= 4 is 5.97 Å². The number of carboxylic acid groups (broad SMARTS) is 1. The number of carbonyl (C=O) groups is 1. The fourth-order valence-electron chi connectivity index (χ4n) is 0.645. The maximum Gasteiger partial charge on any atom is 0.116 e. The lowest BCUT2D eigenvalue weighted by Gasteiger charge is -2.14. The molecule has 0 heterocycles. The van der Waals surface area contributed by atoms with Gasteiger partial charge in [0.15, 0.2) is 0 Å². The molecule has 1 rings (SSSR count). The van der Waals surface area contributed by atoms with Gasteiger partial charge in [0.25, 0.3) is 0 Å². The Morgan fingerprint density at radius 3 is 1.94 bits per heavy atom. The topological polar surface area (TPSA) is 40.1 Å². The first-order valence-corrected chi connectivity index (χ1v) is 4.86. The number of nitrogens with zero attached hydrogens (tertiary/aromatic N) is 1. The molecule has 0 spiro atoms. The Morgan fingerprint density at radius 2 is 1.56 bits per heavy atom. The van der Waals surface area contributed by atoms with E-state index in [1.807, 2.05) is 12.0 Å². The van der Waals surface area contributed by atoms with Crippen LogP contribution in [-0.4, -0.2) is 38.6 Å². The van der Waals surface area contributed by atoms with Gasteiger partial charge in [0, 0.05) is 5.56 Å². The minimum Gasteiger partial charge on any atom is -0.537 e. The van der Waals surface area contributed by atoms with E-state index in [4.69, 9.17) is 0 Å². The third-order valence-electron chi connectivity index (χ3n) is 1.08. The summed E-state index contributed by atoms with van der Waals surface area (Å²) >= 11 is 0. The van der Waals surface area contributed by atoms with Crippen LogP contribution in [0.3, 0.4) is 0 Å². The molecule has 1 aromatic rings. The number of benzene rings is 1. The van der Waals surface area contributed by atoms with Crippen LogP contribution in [0.25, 0.3) is 0 Å². The van der Waals surface area contributed by atoms with Crippen LogP contribution in [0.15, 0.2) is 30.3 Å². The Labute approximate surface area is 96.9 Å².